The SMILES string of the molecule is Cc1nc(-c2ccccc2)nc2sc3c(=O)n(CCCc4ccccc4)cnc3c12. The van der Waals surface area contributed by atoms with E-state index in [0.717, 1.165) is 34.3 Å². The third-order valence-electron chi connectivity index (χ3n) is 5.23. The van der Waals surface area contributed by atoms with Crippen molar-refractivity contribution in [3.63, 3.8) is 0 Å². The zero-order valence-corrected chi connectivity index (χ0v) is 17.4. The molecule has 0 amide bonds. The van der Waals surface area contributed by atoms with Crippen LogP contribution in [0.2, 0.25) is 0 Å². The van der Waals surface area contributed by atoms with Gasteiger partial charge in [-0.05, 0) is 25.3 Å². The maximum atomic E-state index is 13.1. The average Bonchev–Trinajstić information content (AvgIpc) is 3.17. The molecular formula is C24H20N4OS. The average molecular weight is 413 g/mol. The molecule has 0 atom stereocenters. The Morgan fingerprint density at radius 1 is 0.967 bits per heavy atom. The Hall–Kier alpha value is -3.38. The molecule has 0 aliphatic carbocycles. The third kappa shape index (κ3) is 3.39. The Morgan fingerprint density at radius 3 is 2.47 bits per heavy atom. The molecule has 6 heteroatoms. The second-order valence-electron chi connectivity index (χ2n) is 7.29. The first-order chi connectivity index (χ1) is 14.7. The molecule has 0 N–H and O–H groups in total. The lowest BCUT2D eigenvalue weighted by Crippen LogP contribution is -2.20. The van der Waals surface area contributed by atoms with E-state index in [-0.39, 0.29) is 5.56 Å². The van der Waals surface area contributed by atoms with Crippen molar-refractivity contribution in [1.29, 1.82) is 0 Å². The first-order valence-corrected chi connectivity index (χ1v) is 10.8. The van der Waals surface area contributed by atoms with E-state index in [1.807, 2.05) is 55.5 Å². The van der Waals surface area contributed by atoms with Gasteiger partial charge in [-0.25, -0.2) is 15.0 Å². The smallest absolute Gasteiger partial charge is 0.271 e. The van der Waals surface area contributed by atoms with Crippen LogP contribution in [0.25, 0.3) is 31.8 Å². The van der Waals surface area contributed by atoms with Gasteiger partial charge in [0.2, 0.25) is 0 Å². The molecule has 3 aromatic heterocycles. The standard InChI is InChI=1S/C24H20N4OS/c1-16-19-20-21(30-23(19)27-22(26-16)18-12-6-3-7-13-18)24(29)28(15-25-20)14-8-11-17-9-4-2-5-10-17/h2-7,9-10,12-13,15H,8,11,14H2,1H3. The molecule has 0 fully saturated rings. The van der Waals surface area contributed by atoms with E-state index in [2.05, 4.69) is 22.1 Å². The summed E-state index contributed by atoms with van der Waals surface area (Å²) in [6.07, 6.45) is 3.48. The summed E-state index contributed by atoms with van der Waals surface area (Å²) < 4.78 is 2.36. The van der Waals surface area contributed by atoms with Gasteiger partial charge in [-0.1, -0.05) is 60.7 Å². The van der Waals surface area contributed by atoms with E-state index in [9.17, 15) is 4.79 Å². The number of thiophene rings is 1. The molecule has 3 heterocycles. The van der Waals surface area contributed by atoms with Crippen molar-refractivity contribution < 1.29 is 0 Å². The lowest BCUT2D eigenvalue weighted by Gasteiger charge is -2.05. The van der Waals surface area contributed by atoms with Crippen molar-refractivity contribution in [1.82, 2.24) is 19.5 Å². The lowest BCUT2D eigenvalue weighted by molar-refractivity contribution is 0.618. The molecule has 0 saturated heterocycles. The van der Waals surface area contributed by atoms with Crippen molar-refractivity contribution in [2.75, 3.05) is 0 Å². The Morgan fingerprint density at radius 2 is 1.70 bits per heavy atom. The van der Waals surface area contributed by atoms with Gasteiger partial charge in [-0.2, -0.15) is 0 Å². The molecule has 0 saturated carbocycles. The zero-order chi connectivity index (χ0) is 20.5. The molecular weight excluding hydrogens is 392 g/mol. The van der Waals surface area contributed by atoms with Gasteiger partial charge in [0.05, 0.1) is 22.9 Å². The van der Waals surface area contributed by atoms with Gasteiger partial charge in [0.1, 0.15) is 9.53 Å². The highest BCUT2D eigenvalue weighted by atomic mass is 32.1. The summed E-state index contributed by atoms with van der Waals surface area (Å²) in [6, 6.07) is 20.2. The molecule has 30 heavy (non-hydrogen) atoms. The van der Waals surface area contributed by atoms with Gasteiger partial charge < -0.3 is 0 Å². The Bertz CT molecular complexity index is 1390. The molecule has 0 bridgehead atoms. The minimum absolute atomic E-state index is 0.00303. The summed E-state index contributed by atoms with van der Waals surface area (Å²) in [5.74, 6) is 0.676. The molecule has 0 spiro atoms. The van der Waals surface area contributed by atoms with Crippen LogP contribution in [0, 0.1) is 6.92 Å². The maximum Gasteiger partial charge on any atom is 0.271 e. The largest absolute Gasteiger partial charge is 0.298 e. The molecule has 148 valence electrons. The van der Waals surface area contributed by atoms with Crippen molar-refractivity contribution >= 4 is 31.8 Å². The van der Waals surface area contributed by atoms with Gasteiger partial charge in [0.25, 0.3) is 5.56 Å². The fourth-order valence-electron chi connectivity index (χ4n) is 3.70. The molecule has 0 aliphatic heterocycles. The first kappa shape index (κ1) is 18.6. The fraction of sp³-hybridized carbons (Fsp3) is 0.167. The van der Waals surface area contributed by atoms with Crippen LogP contribution in [0.5, 0.6) is 0 Å². The molecule has 5 nitrogen and oxygen atoms in total. The zero-order valence-electron chi connectivity index (χ0n) is 16.6. The van der Waals surface area contributed by atoms with Crippen LogP contribution in [0.1, 0.15) is 17.7 Å². The third-order valence-corrected chi connectivity index (χ3v) is 6.29. The van der Waals surface area contributed by atoms with Crippen LogP contribution in [-0.4, -0.2) is 19.5 Å². The van der Waals surface area contributed by atoms with Crippen LogP contribution in [-0.2, 0) is 13.0 Å². The summed E-state index contributed by atoms with van der Waals surface area (Å²) in [5.41, 5.74) is 3.79. The Labute approximate surface area is 177 Å². The molecule has 0 unspecified atom stereocenters. The number of hydrogen-bond acceptors (Lipinski definition) is 5. The van der Waals surface area contributed by atoms with E-state index >= 15 is 0 Å². The van der Waals surface area contributed by atoms with Crippen LogP contribution < -0.4 is 5.56 Å². The number of hydrogen-bond donors (Lipinski definition) is 0. The van der Waals surface area contributed by atoms with Crippen LogP contribution in [0.4, 0.5) is 0 Å². The Balaban J connectivity index is 1.51. The topological polar surface area (TPSA) is 60.7 Å². The normalized spacial score (nSPS) is 11.4. The molecule has 0 aliphatic rings. The molecule has 5 rings (SSSR count). The molecule has 2 aromatic carbocycles. The lowest BCUT2D eigenvalue weighted by atomic mass is 10.1. The van der Waals surface area contributed by atoms with Gasteiger partial charge in [0.15, 0.2) is 5.82 Å². The second kappa shape index (κ2) is 7.80. The first-order valence-electron chi connectivity index (χ1n) is 9.96. The van der Waals surface area contributed by atoms with Crippen molar-refractivity contribution in [3.05, 3.63) is 88.6 Å². The number of aromatic nitrogens is 4. The number of aryl methyl sites for hydroxylation is 3. The number of nitrogens with zero attached hydrogens (tertiary/aromatic N) is 4. The quantitative estimate of drug-likeness (QED) is 0.407. The summed E-state index contributed by atoms with van der Waals surface area (Å²) in [5, 5.41) is 0.878. The minimum Gasteiger partial charge on any atom is -0.298 e. The second-order valence-corrected chi connectivity index (χ2v) is 8.29. The van der Waals surface area contributed by atoms with Crippen LogP contribution in [0.3, 0.4) is 0 Å². The number of fused-ring (bicyclic) bond motifs is 3. The maximum absolute atomic E-state index is 13.1. The van der Waals surface area contributed by atoms with Gasteiger partial charge in [0, 0.05) is 12.1 Å². The summed E-state index contributed by atoms with van der Waals surface area (Å²) in [7, 11) is 0. The van der Waals surface area contributed by atoms with Crippen LogP contribution in [0.15, 0.2) is 71.8 Å². The van der Waals surface area contributed by atoms with Crippen molar-refractivity contribution in [2.24, 2.45) is 0 Å². The summed E-state index contributed by atoms with van der Waals surface area (Å²) >= 11 is 1.41. The van der Waals surface area contributed by atoms with Gasteiger partial charge >= 0.3 is 0 Å². The van der Waals surface area contributed by atoms with E-state index in [0.29, 0.717) is 22.6 Å². The molecule has 0 radical (unpaired) electrons. The minimum atomic E-state index is -0.00303. The van der Waals surface area contributed by atoms with E-state index in [4.69, 9.17) is 4.98 Å². The molecule has 5 aromatic rings. The fourth-order valence-corrected chi connectivity index (χ4v) is 4.83. The van der Waals surface area contributed by atoms with Gasteiger partial charge in [-0.15, -0.1) is 11.3 Å². The Kier molecular flexibility index (Phi) is 4.85. The highest BCUT2D eigenvalue weighted by Crippen LogP contribution is 2.32. The summed E-state index contributed by atoms with van der Waals surface area (Å²) in [6.45, 7) is 2.60. The summed E-state index contributed by atoms with van der Waals surface area (Å²) in [4.78, 5) is 27.9. The monoisotopic (exact) mass is 412 g/mol. The number of benzene rings is 2. The van der Waals surface area contributed by atoms with Gasteiger partial charge in [-0.3, -0.25) is 9.36 Å². The van der Waals surface area contributed by atoms with E-state index < -0.39 is 0 Å². The predicted octanol–water partition coefficient (Wildman–Crippen LogP) is 5.01. The number of rotatable bonds is 5. The predicted molar refractivity (Wildman–Crippen MR) is 122 cm³/mol. The highest BCUT2D eigenvalue weighted by molar-refractivity contribution is 7.25. The van der Waals surface area contributed by atoms with Crippen molar-refractivity contribution in [3.8, 4) is 11.4 Å². The van der Waals surface area contributed by atoms with E-state index in [1.165, 1.54) is 16.9 Å². The van der Waals surface area contributed by atoms with E-state index in [1.54, 1.807) is 10.9 Å². The van der Waals surface area contributed by atoms with Crippen LogP contribution >= 0.6 is 11.3 Å². The highest BCUT2D eigenvalue weighted by Gasteiger charge is 2.17. The van der Waals surface area contributed by atoms with Crippen molar-refractivity contribution in [2.45, 2.75) is 26.3 Å².